The Balaban J connectivity index is 1.80. The van der Waals surface area contributed by atoms with Crippen molar-refractivity contribution in [1.29, 1.82) is 0 Å². The van der Waals surface area contributed by atoms with Crippen LogP contribution in [0.4, 0.5) is 0 Å². The molecule has 1 aliphatic rings. The van der Waals surface area contributed by atoms with E-state index >= 15 is 0 Å². The lowest BCUT2D eigenvalue weighted by atomic mass is 10.3. The maximum atomic E-state index is 11.9. The monoisotopic (exact) mass is 300 g/mol. The molecule has 0 radical (unpaired) electrons. The summed E-state index contributed by atoms with van der Waals surface area (Å²) in [6, 6.07) is 2.92. The Labute approximate surface area is 119 Å². The van der Waals surface area contributed by atoms with Crippen LogP contribution < -0.4 is 4.72 Å². The van der Waals surface area contributed by atoms with Gasteiger partial charge in [-0.1, -0.05) is 18.9 Å². The molecule has 1 fully saturated rings. The van der Waals surface area contributed by atoms with Gasteiger partial charge in [-0.2, -0.15) is 0 Å². The van der Waals surface area contributed by atoms with Gasteiger partial charge in [0.2, 0.25) is 0 Å². The van der Waals surface area contributed by atoms with E-state index < -0.39 is 10.0 Å². The van der Waals surface area contributed by atoms with Gasteiger partial charge in [-0.25, -0.2) is 18.1 Å². The third-order valence-electron chi connectivity index (χ3n) is 3.31. The molecule has 2 rings (SSSR count). The minimum Gasteiger partial charge on any atom is -0.392 e. The number of aliphatic hydroxyl groups excluding tert-OH is 1. The number of ether oxygens (including phenoxy) is 1. The van der Waals surface area contributed by atoms with Crippen LogP contribution >= 0.6 is 0 Å². The Hall–Kier alpha value is -1.02. The van der Waals surface area contributed by atoms with Gasteiger partial charge in [-0.05, 0) is 24.5 Å². The van der Waals surface area contributed by atoms with Crippen LogP contribution in [-0.4, -0.2) is 37.8 Å². The molecule has 0 amide bonds. The molecule has 0 saturated heterocycles. The molecule has 1 aliphatic carbocycles. The van der Waals surface area contributed by atoms with Gasteiger partial charge in [0.25, 0.3) is 10.0 Å². The largest absolute Gasteiger partial charge is 0.392 e. The number of hydrogen-bond donors (Lipinski definition) is 2. The first-order valence-corrected chi connectivity index (χ1v) is 8.27. The summed E-state index contributed by atoms with van der Waals surface area (Å²) in [5.74, 6) is 0. The molecule has 0 bridgehead atoms. The van der Waals surface area contributed by atoms with E-state index in [0.29, 0.717) is 12.2 Å². The van der Waals surface area contributed by atoms with Crippen LogP contribution in [0.15, 0.2) is 23.4 Å². The number of aromatic nitrogens is 1. The van der Waals surface area contributed by atoms with Crippen LogP contribution in [0.2, 0.25) is 0 Å². The summed E-state index contributed by atoms with van der Waals surface area (Å²) >= 11 is 0. The van der Waals surface area contributed by atoms with Gasteiger partial charge in [-0.3, -0.25) is 0 Å². The fourth-order valence-corrected chi connectivity index (χ4v) is 3.13. The third-order valence-corrected chi connectivity index (χ3v) is 4.68. The minimum absolute atomic E-state index is 0.0458. The Kier molecular flexibility index (Phi) is 5.47. The minimum atomic E-state index is -3.60. The first-order valence-electron chi connectivity index (χ1n) is 6.79. The molecule has 1 saturated carbocycles. The predicted molar refractivity (Wildman–Crippen MR) is 73.6 cm³/mol. The maximum absolute atomic E-state index is 11.9. The quantitative estimate of drug-likeness (QED) is 0.728. The highest BCUT2D eigenvalue weighted by molar-refractivity contribution is 7.89. The summed E-state index contributed by atoms with van der Waals surface area (Å²) in [5.41, 5.74) is 0.577. The van der Waals surface area contributed by atoms with E-state index in [4.69, 9.17) is 9.84 Å². The SMILES string of the molecule is O=S(=O)(NCCOC1CCCC1)c1ccc(CO)cn1. The Bertz CT molecular complexity index is 510. The fraction of sp³-hybridized carbons (Fsp3) is 0.615. The van der Waals surface area contributed by atoms with Crippen molar-refractivity contribution < 1.29 is 18.3 Å². The number of nitrogens with zero attached hydrogens (tertiary/aromatic N) is 1. The molecular formula is C13H20N2O4S. The normalized spacial score (nSPS) is 16.6. The molecule has 1 heterocycles. The van der Waals surface area contributed by atoms with E-state index in [1.165, 1.54) is 31.2 Å². The number of sulfonamides is 1. The van der Waals surface area contributed by atoms with Crippen LogP contribution in [0.1, 0.15) is 31.2 Å². The lowest BCUT2D eigenvalue weighted by Crippen LogP contribution is -2.29. The average Bonchev–Trinajstić information content (AvgIpc) is 2.97. The first-order chi connectivity index (χ1) is 9.62. The highest BCUT2D eigenvalue weighted by atomic mass is 32.2. The topological polar surface area (TPSA) is 88.5 Å². The summed E-state index contributed by atoms with van der Waals surface area (Å²) < 4.78 is 31.9. The van der Waals surface area contributed by atoms with E-state index in [0.717, 1.165) is 12.8 Å². The Morgan fingerprint density at radius 3 is 2.70 bits per heavy atom. The standard InChI is InChI=1S/C13H20N2O4S/c16-10-11-5-6-13(14-9-11)20(17,18)15-7-8-19-12-3-1-2-4-12/h5-6,9,12,15-16H,1-4,7-8,10H2. The number of pyridine rings is 1. The maximum Gasteiger partial charge on any atom is 0.258 e. The highest BCUT2D eigenvalue weighted by Crippen LogP contribution is 2.20. The van der Waals surface area contributed by atoms with Crippen molar-refractivity contribution in [2.75, 3.05) is 13.2 Å². The van der Waals surface area contributed by atoms with Crippen molar-refractivity contribution in [2.45, 2.75) is 43.4 Å². The van der Waals surface area contributed by atoms with E-state index in [1.807, 2.05) is 0 Å². The molecule has 6 nitrogen and oxygen atoms in total. The molecular weight excluding hydrogens is 280 g/mol. The van der Waals surface area contributed by atoms with Gasteiger partial charge in [-0.15, -0.1) is 0 Å². The molecule has 0 spiro atoms. The number of hydrogen-bond acceptors (Lipinski definition) is 5. The van der Waals surface area contributed by atoms with Gasteiger partial charge in [0, 0.05) is 12.7 Å². The smallest absolute Gasteiger partial charge is 0.258 e. The van der Waals surface area contributed by atoms with Crippen molar-refractivity contribution >= 4 is 10.0 Å². The third kappa shape index (κ3) is 4.24. The van der Waals surface area contributed by atoms with E-state index in [2.05, 4.69) is 9.71 Å². The second-order valence-corrected chi connectivity index (χ2v) is 6.55. The molecule has 0 atom stereocenters. The Morgan fingerprint density at radius 2 is 2.10 bits per heavy atom. The summed E-state index contributed by atoms with van der Waals surface area (Å²) in [6.45, 7) is 0.455. The summed E-state index contributed by atoms with van der Waals surface area (Å²) in [7, 11) is -3.60. The summed E-state index contributed by atoms with van der Waals surface area (Å²) in [5, 5.41) is 8.84. The number of aliphatic hydroxyl groups is 1. The number of nitrogens with one attached hydrogen (secondary N) is 1. The highest BCUT2D eigenvalue weighted by Gasteiger charge is 2.17. The van der Waals surface area contributed by atoms with Gasteiger partial charge in [0.15, 0.2) is 5.03 Å². The molecule has 1 aromatic heterocycles. The predicted octanol–water partition coefficient (Wildman–Crippen LogP) is 0.811. The van der Waals surface area contributed by atoms with Crippen LogP contribution in [0.25, 0.3) is 0 Å². The summed E-state index contributed by atoms with van der Waals surface area (Å²) in [6.07, 6.45) is 6.15. The van der Waals surface area contributed by atoms with Crippen molar-refractivity contribution in [1.82, 2.24) is 9.71 Å². The second-order valence-electron chi connectivity index (χ2n) is 4.84. The molecule has 0 aliphatic heterocycles. The zero-order valence-corrected chi connectivity index (χ0v) is 12.1. The van der Waals surface area contributed by atoms with E-state index in [-0.39, 0.29) is 24.3 Å². The molecule has 1 aromatic rings. The van der Waals surface area contributed by atoms with Crippen LogP contribution in [0, 0.1) is 0 Å². The zero-order valence-electron chi connectivity index (χ0n) is 11.3. The van der Waals surface area contributed by atoms with E-state index in [9.17, 15) is 8.42 Å². The second kappa shape index (κ2) is 7.12. The lowest BCUT2D eigenvalue weighted by molar-refractivity contribution is 0.0626. The van der Waals surface area contributed by atoms with Crippen LogP contribution in [-0.2, 0) is 21.4 Å². The van der Waals surface area contributed by atoms with Gasteiger partial charge in [0.05, 0.1) is 19.3 Å². The fourth-order valence-electron chi connectivity index (χ4n) is 2.19. The van der Waals surface area contributed by atoms with Gasteiger partial charge < -0.3 is 9.84 Å². The molecule has 112 valence electrons. The molecule has 7 heteroatoms. The lowest BCUT2D eigenvalue weighted by Gasteiger charge is -2.11. The van der Waals surface area contributed by atoms with Gasteiger partial charge in [0.1, 0.15) is 0 Å². The van der Waals surface area contributed by atoms with Crippen molar-refractivity contribution in [3.05, 3.63) is 23.9 Å². The summed E-state index contributed by atoms with van der Waals surface area (Å²) in [4.78, 5) is 3.83. The zero-order chi connectivity index (χ0) is 14.4. The van der Waals surface area contributed by atoms with Crippen molar-refractivity contribution in [2.24, 2.45) is 0 Å². The van der Waals surface area contributed by atoms with Crippen molar-refractivity contribution in [3.63, 3.8) is 0 Å². The number of rotatable bonds is 7. The van der Waals surface area contributed by atoms with Gasteiger partial charge >= 0.3 is 0 Å². The molecule has 0 aromatic carbocycles. The van der Waals surface area contributed by atoms with E-state index in [1.54, 1.807) is 0 Å². The van der Waals surface area contributed by atoms with Crippen LogP contribution in [0.5, 0.6) is 0 Å². The Morgan fingerprint density at radius 1 is 1.35 bits per heavy atom. The molecule has 0 unspecified atom stereocenters. The van der Waals surface area contributed by atoms with Crippen molar-refractivity contribution in [3.8, 4) is 0 Å². The van der Waals surface area contributed by atoms with Crippen LogP contribution in [0.3, 0.4) is 0 Å². The molecule has 2 N–H and O–H groups in total. The first kappa shape index (κ1) is 15.4. The average molecular weight is 300 g/mol. The molecule has 20 heavy (non-hydrogen) atoms.